The molecule has 0 aliphatic heterocycles. The fourth-order valence-electron chi connectivity index (χ4n) is 5.53. The minimum absolute atomic E-state index is 0.915. The lowest BCUT2D eigenvalue weighted by Crippen LogP contribution is -1.82. The van der Waals surface area contributed by atoms with Crippen LogP contribution >= 0.6 is 11.3 Å². The molecule has 0 saturated heterocycles. The van der Waals surface area contributed by atoms with Crippen molar-refractivity contribution >= 4 is 75.3 Å². The van der Waals surface area contributed by atoms with Crippen molar-refractivity contribution in [2.24, 2.45) is 0 Å². The molecular weight excluding hydrogens is 470 g/mol. The third-order valence-corrected chi connectivity index (χ3v) is 8.43. The highest BCUT2D eigenvalue weighted by Gasteiger charge is 2.15. The van der Waals surface area contributed by atoms with Crippen LogP contribution in [0.25, 0.3) is 75.0 Å². The molecule has 1 N–H and O–H groups in total. The number of aromatic nitrogens is 1. The Morgan fingerprint density at radius 3 is 2.22 bits per heavy atom. The molecule has 6 aromatic carbocycles. The van der Waals surface area contributed by atoms with Crippen LogP contribution in [0.15, 0.2) is 126 Å². The summed E-state index contributed by atoms with van der Waals surface area (Å²) in [6.45, 7) is 0. The summed E-state index contributed by atoms with van der Waals surface area (Å²) in [5, 5.41) is 7.12. The van der Waals surface area contributed by atoms with E-state index in [1.165, 1.54) is 52.8 Å². The van der Waals surface area contributed by atoms with Gasteiger partial charge in [-0.05, 0) is 57.6 Å². The van der Waals surface area contributed by atoms with Gasteiger partial charge in [-0.3, -0.25) is 0 Å². The van der Waals surface area contributed by atoms with Crippen LogP contribution in [0, 0.1) is 0 Å². The zero-order valence-electron chi connectivity index (χ0n) is 19.9. The van der Waals surface area contributed by atoms with Gasteiger partial charge in [-0.15, -0.1) is 11.3 Å². The average Bonchev–Trinajstić information content (AvgIpc) is 3.33. The molecule has 2 aromatic heterocycles. The Bertz CT molecular complexity index is 2200. The lowest BCUT2D eigenvalue weighted by molar-refractivity contribution is 0.670. The number of nitrogens with one attached hydrogen (secondary N) is 1. The van der Waals surface area contributed by atoms with E-state index in [9.17, 15) is 0 Å². The van der Waals surface area contributed by atoms with Crippen LogP contribution in [0.1, 0.15) is 0 Å². The van der Waals surface area contributed by atoms with Crippen LogP contribution in [0.2, 0.25) is 0 Å². The molecule has 0 aliphatic carbocycles. The number of rotatable bonds is 1. The number of fused-ring (bicyclic) bond motifs is 5. The lowest BCUT2D eigenvalue weighted by Gasteiger charge is -2.07. The molecule has 8 aromatic rings. The first-order valence-electron chi connectivity index (χ1n) is 12.4. The van der Waals surface area contributed by atoms with Crippen molar-refractivity contribution < 1.29 is 4.42 Å². The summed E-state index contributed by atoms with van der Waals surface area (Å²) in [6.07, 6.45) is 0. The topological polar surface area (TPSA) is 28.9 Å². The van der Waals surface area contributed by atoms with Crippen molar-refractivity contribution in [1.82, 2.24) is 4.98 Å². The standard InChI is InChI=1S/C34H21NOS/c1-2-9-21(10-3-1)22-17-18-28-31(20-22)37-34-24-12-5-4-11-23(24)19-30-33(34)32-26(14-8-16-29(32)36-30)25-13-6-7-15-27(25)35-28/h1-20,35H. The summed E-state index contributed by atoms with van der Waals surface area (Å²) < 4.78 is 8.93. The van der Waals surface area contributed by atoms with E-state index in [0.29, 0.717) is 0 Å². The molecule has 0 unspecified atom stereocenters. The normalized spacial score (nSPS) is 11.8. The van der Waals surface area contributed by atoms with Crippen molar-refractivity contribution in [3.8, 4) is 11.1 Å². The highest BCUT2D eigenvalue weighted by Crippen LogP contribution is 2.42. The Hall–Kier alpha value is -4.60. The summed E-state index contributed by atoms with van der Waals surface area (Å²) in [6, 6.07) is 43.1. The molecule has 3 heteroatoms. The monoisotopic (exact) mass is 491 g/mol. The molecule has 0 saturated carbocycles. The Labute approximate surface area is 216 Å². The molecule has 0 amide bonds. The minimum atomic E-state index is 0.915. The molecule has 2 heterocycles. The summed E-state index contributed by atoms with van der Waals surface area (Å²) in [5.41, 5.74) is 6.43. The number of benzene rings is 6. The van der Waals surface area contributed by atoms with Gasteiger partial charge in [0.05, 0.1) is 10.2 Å². The van der Waals surface area contributed by atoms with Crippen molar-refractivity contribution in [1.29, 1.82) is 0 Å². The second-order valence-electron chi connectivity index (χ2n) is 9.43. The largest absolute Gasteiger partial charge is 0.456 e. The number of H-pyrrole nitrogens is 1. The predicted molar refractivity (Wildman–Crippen MR) is 159 cm³/mol. The highest BCUT2D eigenvalue weighted by molar-refractivity contribution is 7.25. The quantitative estimate of drug-likeness (QED) is 0.243. The molecular formula is C34H21NOS. The van der Waals surface area contributed by atoms with Crippen LogP contribution in [0.5, 0.6) is 0 Å². The van der Waals surface area contributed by atoms with Gasteiger partial charge >= 0.3 is 0 Å². The number of hydrogen-bond acceptors (Lipinski definition) is 2. The Balaban J connectivity index is 1.69. The predicted octanol–water partition coefficient (Wildman–Crippen LogP) is 10.4. The molecule has 8 rings (SSSR count). The smallest absolute Gasteiger partial charge is 0.137 e. The second kappa shape index (κ2) is 7.95. The van der Waals surface area contributed by atoms with Crippen LogP contribution < -0.4 is 0 Å². The average molecular weight is 492 g/mol. The molecule has 0 radical (unpaired) electrons. The molecule has 0 fully saturated rings. The SMILES string of the molecule is c1ccc(-c2ccc3[nH]c4ccccc4c4cccc5oc6cc7ccccc7c(sc3c2)c6c54)cc1. The van der Waals surface area contributed by atoms with Crippen molar-refractivity contribution in [3.05, 3.63) is 121 Å². The summed E-state index contributed by atoms with van der Waals surface area (Å²) in [7, 11) is 0. The van der Waals surface area contributed by atoms with Gasteiger partial charge in [0.25, 0.3) is 0 Å². The third kappa shape index (κ3) is 3.18. The van der Waals surface area contributed by atoms with Crippen LogP contribution in [0.4, 0.5) is 0 Å². The molecule has 0 aliphatic rings. The third-order valence-electron chi connectivity index (χ3n) is 7.25. The van der Waals surface area contributed by atoms with E-state index >= 15 is 0 Å². The first-order valence-corrected chi connectivity index (χ1v) is 13.3. The van der Waals surface area contributed by atoms with Gasteiger partial charge in [0.15, 0.2) is 0 Å². The molecule has 174 valence electrons. The second-order valence-corrected chi connectivity index (χ2v) is 10.5. The van der Waals surface area contributed by atoms with Gasteiger partial charge in [-0.1, -0.05) is 91.0 Å². The van der Waals surface area contributed by atoms with Gasteiger partial charge in [0, 0.05) is 26.4 Å². The minimum Gasteiger partial charge on any atom is -0.456 e. The lowest BCUT2D eigenvalue weighted by atomic mass is 10.0. The fourth-order valence-corrected chi connectivity index (χ4v) is 6.77. The van der Waals surface area contributed by atoms with Crippen LogP contribution in [-0.2, 0) is 0 Å². The summed E-state index contributed by atoms with van der Waals surface area (Å²) >= 11 is 1.82. The summed E-state index contributed by atoms with van der Waals surface area (Å²) in [5.74, 6) is 0. The highest BCUT2D eigenvalue weighted by atomic mass is 32.1. The van der Waals surface area contributed by atoms with E-state index in [1.54, 1.807) is 0 Å². The van der Waals surface area contributed by atoms with Crippen molar-refractivity contribution in [3.63, 3.8) is 0 Å². The Morgan fingerprint density at radius 2 is 1.30 bits per heavy atom. The first-order chi connectivity index (χ1) is 18.3. The molecule has 0 spiro atoms. The van der Waals surface area contributed by atoms with Gasteiger partial charge in [0.2, 0.25) is 0 Å². The Morgan fingerprint density at radius 1 is 0.514 bits per heavy atom. The van der Waals surface area contributed by atoms with Gasteiger partial charge in [-0.25, -0.2) is 0 Å². The van der Waals surface area contributed by atoms with E-state index in [2.05, 4.69) is 126 Å². The number of hydrogen-bond donors (Lipinski definition) is 1. The zero-order chi connectivity index (χ0) is 24.3. The van der Waals surface area contributed by atoms with Gasteiger partial charge < -0.3 is 9.40 Å². The maximum atomic E-state index is 6.52. The van der Waals surface area contributed by atoms with E-state index < -0.39 is 0 Å². The van der Waals surface area contributed by atoms with Gasteiger partial charge in [0.1, 0.15) is 11.2 Å². The number of para-hydroxylation sites is 1. The zero-order valence-corrected chi connectivity index (χ0v) is 20.7. The maximum Gasteiger partial charge on any atom is 0.137 e. The molecule has 0 atom stereocenters. The van der Waals surface area contributed by atoms with E-state index in [1.807, 2.05) is 11.3 Å². The number of furan rings is 1. The van der Waals surface area contributed by atoms with Crippen molar-refractivity contribution in [2.45, 2.75) is 0 Å². The van der Waals surface area contributed by atoms with E-state index in [0.717, 1.165) is 22.2 Å². The van der Waals surface area contributed by atoms with Crippen LogP contribution in [-0.4, -0.2) is 4.98 Å². The molecule has 2 nitrogen and oxygen atoms in total. The maximum absolute atomic E-state index is 6.52. The van der Waals surface area contributed by atoms with Crippen LogP contribution in [0.3, 0.4) is 0 Å². The van der Waals surface area contributed by atoms with Crippen molar-refractivity contribution in [2.75, 3.05) is 0 Å². The fraction of sp³-hybridized carbons (Fsp3) is 0. The van der Waals surface area contributed by atoms with E-state index in [4.69, 9.17) is 4.42 Å². The van der Waals surface area contributed by atoms with E-state index in [-0.39, 0.29) is 0 Å². The van der Waals surface area contributed by atoms with Gasteiger partial charge in [-0.2, -0.15) is 0 Å². The number of aromatic amines is 1. The summed E-state index contributed by atoms with van der Waals surface area (Å²) in [4.78, 5) is 3.78. The molecule has 0 bridgehead atoms. The molecule has 37 heavy (non-hydrogen) atoms. The first kappa shape index (κ1) is 20.6. The Kier molecular flexibility index (Phi) is 4.42.